The van der Waals surface area contributed by atoms with Crippen molar-refractivity contribution in [2.45, 2.75) is 51.6 Å². The predicted molar refractivity (Wildman–Crippen MR) is 112 cm³/mol. The van der Waals surface area contributed by atoms with Gasteiger partial charge in [0.25, 0.3) is 5.56 Å². The lowest BCUT2D eigenvalue weighted by Crippen LogP contribution is -3.12. The summed E-state index contributed by atoms with van der Waals surface area (Å²) < 4.78 is 1.65. The van der Waals surface area contributed by atoms with Gasteiger partial charge in [-0.15, -0.1) is 0 Å². The number of nitrogens with one attached hydrogen (secondary N) is 1. The molecule has 5 nitrogen and oxygen atoms in total. The average Bonchev–Trinajstić information content (AvgIpc) is 2.66. The van der Waals surface area contributed by atoms with Crippen molar-refractivity contribution in [3.8, 4) is 11.6 Å². The summed E-state index contributed by atoms with van der Waals surface area (Å²) in [7, 11) is 0. The van der Waals surface area contributed by atoms with Crippen molar-refractivity contribution in [1.82, 2.24) is 9.55 Å². The fourth-order valence-electron chi connectivity index (χ4n) is 3.26. The molecule has 7 heteroatoms. The van der Waals surface area contributed by atoms with Crippen LogP contribution in [0.1, 0.15) is 45.6 Å². The molecule has 0 unspecified atom stereocenters. The molecule has 0 atom stereocenters. The number of rotatable bonds is 11. The predicted octanol–water partition coefficient (Wildman–Crippen LogP) is -0.308. The number of thioether (sulfide) groups is 1. The zero-order chi connectivity index (χ0) is 19.6. The average molecular weight is 426 g/mol. The molecule has 28 heavy (non-hydrogen) atoms. The summed E-state index contributed by atoms with van der Waals surface area (Å²) in [5.74, 6) is 0.740. The highest BCUT2D eigenvalue weighted by Gasteiger charge is 2.18. The highest BCUT2D eigenvalue weighted by molar-refractivity contribution is 7.99. The third-order valence-electron chi connectivity index (χ3n) is 4.53. The summed E-state index contributed by atoms with van der Waals surface area (Å²) in [5, 5.41) is 10.9. The van der Waals surface area contributed by atoms with E-state index in [1.54, 1.807) is 21.2 Å². The van der Waals surface area contributed by atoms with E-state index in [1.165, 1.54) is 12.8 Å². The van der Waals surface area contributed by atoms with Crippen molar-refractivity contribution in [3.05, 3.63) is 46.2 Å². The van der Waals surface area contributed by atoms with E-state index >= 15 is 0 Å². The minimum absolute atomic E-state index is 0. The first kappa shape index (κ1) is 24.5. The first-order chi connectivity index (χ1) is 13.1. The fraction of sp³-hybridized carbons (Fsp3) is 0.524. The summed E-state index contributed by atoms with van der Waals surface area (Å²) in [6.07, 6.45) is 3.65. The molecule has 0 saturated carbocycles. The molecule has 0 radical (unpaired) electrons. The number of halogens is 1. The lowest BCUT2D eigenvalue weighted by atomic mass is 10.2. The van der Waals surface area contributed by atoms with Gasteiger partial charge < -0.3 is 22.4 Å². The molecule has 1 aromatic carbocycles. The second-order valence-electron chi connectivity index (χ2n) is 6.77. The molecule has 2 aromatic rings. The standard InChI is InChI=1S/C21H31N3O2S.ClH/c1-4-10-18-19(25)22-21(27-16-15-23(13-5-2)14-6-3)24(20(18)26)17-11-8-7-9-12-17;/h7-9,11-12,25H,4-6,10,13-16H2,1-3H3;1H. The molecule has 0 amide bonds. The molecule has 0 aliphatic rings. The van der Waals surface area contributed by atoms with Crippen LogP contribution in [0.15, 0.2) is 40.3 Å². The van der Waals surface area contributed by atoms with Gasteiger partial charge in [0.15, 0.2) is 5.16 Å². The van der Waals surface area contributed by atoms with Gasteiger partial charge in [-0.25, -0.2) is 0 Å². The van der Waals surface area contributed by atoms with Crippen LogP contribution in [0.5, 0.6) is 5.88 Å². The van der Waals surface area contributed by atoms with Crippen molar-refractivity contribution in [3.63, 3.8) is 0 Å². The largest absolute Gasteiger partial charge is 1.00 e. The number of hydrogen-bond acceptors (Lipinski definition) is 4. The molecule has 2 rings (SSSR count). The number of aromatic hydroxyl groups is 1. The van der Waals surface area contributed by atoms with E-state index in [0.717, 1.165) is 37.5 Å². The van der Waals surface area contributed by atoms with Crippen LogP contribution in [-0.4, -0.2) is 40.0 Å². The Morgan fingerprint density at radius 3 is 2.25 bits per heavy atom. The maximum atomic E-state index is 13.0. The summed E-state index contributed by atoms with van der Waals surface area (Å²) in [6, 6.07) is 9.57. The Labute approximate surface area is 178 Å². The van der Waals surface area contributed by atoms with Gasteiger partial charge >= 0.3 is 0 Å². The Balaban J connectivity index is 0.00000392. The lowest BCUT2D eigenvalue weighted by Gasteiger charge is -2.18. The van der Waals surface area contributed by atoms with Gasteiger partial charge in [0.05, 0.1) is 36.6 Å². The van der Waals surface area contributed by atoms with Gasteiger partial charge in [-0.1, -0.05) is 57.2 Å². The first-order valence-electron chi connectivity index (χ1n) is 9.98. The summed E-state index contributed by atoms with van der Waals surface area (Å²) in [5.41, 5.74) is 1.03. The monoisotopic (exact) mass is 425 g/mol. The number of quaternary nitrogens is 1. The molecule has 1 heterocycles. The second kappa shape index (κ2) is 12.9. The molecule has 0 bridgehead atoms. The van der Waals surface area contributed by atoms with Gasteiger partial charge in [-0.2, -0.15) is 4.98 Å². The molecule has 0 saturated heterocycles. The smallest absolute Gasteiger partial charge is 0.265 e. The Bertz CT molecular complexity index is 762. The third-order valence-corrected chi connectivity index (χ3v) is 5.47. The van der Waals surface area contributed by atoms with Gasteiger partial charge in [-0.3, -0.25) is 9.36 Å². The van der Waals surface area contributed by atoms with Gasteiger partial charge in [0.2, 0.25) is 5.88 Å². The van der Waals surface area contributed by atoms with Crippen LogP contribution in [0, 0.1) is 0 Å². The van der Waals surface area contributed by atoms with E-state index in [0.29, 0.717) is 17.1 Å². The van der Waals surface area contributed by atoms with Crippen molar-refractivity contribution in [2.75, 3.05) is 25.4 Å². The molecule has 0 aliphatic heterocycles. The highest BCUT2D eigenvalue weighted by atomic mass is 35.5. The molecule has 2 N–H and O–H groups in total. The lowest BCUT2D eigenvalue weighted by molar-refractivity contribution is -0.897. The molecule has 0 spiro atoms. The van der Waals surface area contributed by atoms with Crippen LogP contribution in [0.2, 0.25) is 0 Å². The van der Waals surface area contributed by atoms with Gasteiger partial charge in [0.1, 0.15) is 0 Å². The third kappa shape index (κ3) is 6.54. The molecule has 1 aromatic heterocycles. The van der Waals surface area contributed by atoms with E-state index < -0.39 is 0 Å². The zero-order valence-corrected chi connectivity index (χ0v) is 18.7. The van der Waals surface area contributed by atoms with Crippen LogP contribution in [0.25, 0.3) is 5.69 Å². The summed E-state index contributed by atoms with van der Waals surface area (Å²) in [4.78, 5) is 19.0. The van der Waals surface area contributed by atoms with Crippen molar-refractivity contribution >= 4 is 11.8 Å². The summed E-state index contributed by atoms with van der Waals surface area (Å²) in [6.45, 7) is 9.76. The van der Waals surface area contributed by atoms with E-state index in [-0.39, 0.29) is 23.8 Å². The Morgan fingerprint density at radius 2 is 1.68 bits per heavy atom. The number of benzene rings is 1. The van der Waals surface area contributed by atoms with Crippen molar-refractivity contribution in [2.24, 2.45) is 0 Å². The zero-order valence-electron chi connectivity index (χ0n) is 17.1. The van der Waals surface area contributed by atoms with Gasteiger partial charge in [0, 0.05) is 0 Å². The fourth-order valence-corrected chi connectivity index (χ4v) is 4.31. The second-order valence-corrected chi connectivity index (χ2v) is 7.83. The maximum absolute atomic E-state index is 13.0. The molecule has 0 aliphatic carbocycles. The van der Waals surface area contributed by atoms with Crippen LogP contribution in [-0.2, 0) is 6.42 Å². The van der Waals surface area contributed by atoms with Crippen molar-refractivity contribution in [1.29, 1.82) is 0 Å². The maximum Gasteiger partial charge on any atom is 0.265 e. The van der Waals surface area contributed by atoms with E-state index in [1.807, 2.05) is 37.3 Å². The minimum atomic E-state index is -0.163. The highest BCUT2D eigenvalue weighted by Crippen LogP contribution is 2.22. The molecular weight excluding hydrogens is 394 g/mol. The SMILES string of the molecule is CCCc1c(O)nc(SCC[NH+](CCC)CCC)n(-c2ccccc2)c1=O.[Cl-]. The number of nitrogens with zero attached hydrogens (tertiary/aromatic N) is 2. The number of para-hydroxylation sites is 1. The Morgan fingerprint density at radius 1 is 1.04 bits per heavy atom. The normalized spacial score (nSPS) is 10.9. The van der Waals surface area contributed by atoms with Crippen molar-refractivity contribution < 1.29 is 22.4 Å². The first-order valence-corrected chi connectivity index (χ1v) is 11.0. The summed E-state index contributed by atoms with van der Waals surface area (Å²) >= 11 is 1.55. The Hall–Kier alpha value is -1.50. The van der Waals surface area contributed by atoms with E-state index in [2.05, 4.69) is 18.8 Å². The van der Waals surface area contributed by atoms with E-state index in [9.17, 15) is 9.90 Å². The molecule has 0 fully saturated rings. The van der Waals surface area contributed by atoms with Crippen LogP contribution in [0.4, 0.5) is 0 Å². The molecule has 156 valence electrons. The van der Waals surface area contributed by atoms with Crippen LogP contribution in [0.3, 0.4) is 0 Å². The Kier molecular flexibility index (Phi) is 11.3. The van der Waals surface area contributed by atoms with Crippen LogP contribution >= 0.6 is 11.8 Å². The van der Waals surface area contributed by atoms with Gasteiger partial charge in [-0.05, 0) is 31.4 Å². The topological polar surface area (TPSA) is 59.6 Å². The van der Waals surface area contributed by atoms with Crippen LogP contribution < -0.4 is 22.9 Å². The number of hydrogen-bond donors (Lipinski definition) is 2. The minimum Gasteiger partial charge on any atom is -1.00 e. The quantitative estimate of drug-likeness (QED) is 0.383. The van der Waals surface area contributed by atoms with E-state index in [4.69, 9.17) is 0 Å². The molecular formula is C21H32ClN3O2S. The number of aromatic nitrogens is 2.